The molecule has 132 valence electrons. The van der Waals surface area contributed by atoms with Crippen LogP contribution in [0.4, 0.5) is 34.8 Å². The molecule has 0 aliphatic heterocycles. The highest BCUT2D eigenvalue weighted by Crippen LogP contribution is 2.19. The molecule has 9 heteroatoms. The molecule has 0 spiro atoms. The lowest BCUT2D eigenvalue weighted by Crippen LogP contribution is -2.14. The number of hydrogen-bond donors (Lipinski definition) is 2. The number of hydrogen-bond acceptors (Lipinski definition) is 4. The van der Waals surface area contributed by atoms with Gasteiger partial charge in [-0.3, -0.25) is 4.79 Å². The largest absolute Gasteiger partial charge is 0.337 e. The number of carbonyl (C=O) groups is 1. The Labute approximate surface area is 144 Å². The third kappa shape index (κ3) is 3.94. The summed E-state index contributed by atoms with van der Waals surface area (Å²) in [6.45, 7) is 0. The van der Waals surface area contributed by atoms with Crippen LogP contribution >= 0.6 is 0 Å². The monoisotopic (exact) mass is 362 g/mol. The van der Waals surface area contributed by atoms with Gasteiger partial charge in [0.05, 0.1) is 18.1 Å². The second kappa shape index (κ2) is 7.18. The summed E-state index contributed by atoms with van der Waals surface area (Å²) in [4.78, 5) is 19.8. The Morgan fingerprint density at radius 2 is 1.65 bits per heavy atom. The lowest BCUT2D eigenvalue weighted by atomic mass is 10.3. The molecule has 3 rings (SSSR count). The lowest BCUT2D eigenvalue weighted by Gasteiger charge is -2.08. The minimum Gasteiger partial charge on any atom is -0.337 e. The molecular formula is C17H10F4N4O. The van der Waals surface area contributed by atoms with Crippen LogP contribution in [0, 0.1) is 23.3 Å². The van der Waals surface area contributed by atoms with E-state index < -0.39 is 29.2 Å². The number of benzene rings is 2. The van der Waals surface area contributed by atoms with Gasteiger partial charge in [-0.05, 0) is 24.3 Å². The highest BCUT2D eigenvalue weighted by atomic mass is 19.2. The maximum atomic E-state index is 13.6. The average molecular weight is 362 g/mol. The zero-order valence-corrected chi connectivity index (χ0v) is 12.9. The van der Waals surface area contributed by atoms with E-state index in [0.29, 0.717) is 6.07 Å². The number of nitrogens with zero attached hydrogens (tertiary/aromatic N) is 2. The summed E-state index contributed by atoms with van der Waals surface area (Å²) in [6.07, 6.45) is 2.28. The number of rotatable bonds is 4. The number of nitrogens with one attached hydrogen (secondary N) is 2. The van der Waals surface area contributed by atoms with Gasteiger partial charge in [0, 0.05) is 17.8 Å². The maximum Gasteiger partial charge on any atom is 0.275 e. The Balaban J connectivity index is 1.70. The van der Waals surface area contributed by atoms with Crippen molar-refractivity contribution in [2.75, 3.05) is 10.6 Å². The van der Waals surface area contributed by atoms with E-state index in [1.54, 1.807) is 0 Å². The van der Waals surface area contributed by atoms with Gasteiger partial charge in [-0.2, -0.15) is 0 Å². The molecule has 0 aliphatic carbocycles. The van der Waals surface area contributed by atoms with Crippen LogP contribution in [0.5, 0.6) is 0 Å². The van der Waals surface area contributed by atoms with Gasteiger partial charge in [0.25, 0.3) is 5.91 Å². The molecule has 1 amide bonds. The summed E-state index contributed by atoms with van der Waals surface area (Å²) in [5.74, 6) is -4.24. The smallest absolute Gasteiger partial charge is 0.275 e. The van der Waals surface area contributed by atoms with Crippen LogP contribution in [0.15, 0.2) is 48.8 Å². The molecule has 0 saturated carbocycles. The lowest BCUT2D eigenvalue weighted by molar-refractivity contribution is 0.102. The molecule has 0 fully saturated rings. The summed E-state index contributed by atoms with van der Waals surface area (Å²) in [5, 5.41) is 4.93. The average Bonchev–Trinajstić information content (AvgIpc) is 2.61. The van der Waals surface area contributed by atoms with E-state index in [1.807, 2.05) is 0 Å². The molecule has 1 aromatic heterocycles. The normalized spacial score (nSPS) is 10.5. The third-order valence-electron chi connectivity index (χ3n) is 3.26. The van der Waals surface area contributed by atoms with Crippen molar-refractivity contribution in [3.8, 4) is 0 Å². The van der Waals surface area contributed by atoms with Crippen molar-refractivity contribution >= 4 is 23.1 Å². The first-order chi connectivity index (χ1) is 12.4. The summed E-state index contributed by atoms with van der Waals surface area (Å²) in [5.41, 5.74) is -0.0640. The highest BCUT2D eigenvalue weighted by molar-refractivity contribution is 6.02. The van der Waals surface area contributed by atoms with Gasteiger partial charge < -0.3 is 10.6 Å². The summed E-state index contributed by atoms with van der Waals surface area (Å²) < 4.78 is 52.4. The molecule has 0 aliphatic rings. The zero-order valence-electron chi connectivity index (χ0n) is 12.9. The molecule has 0 atom stereocenters. The number of halogens is 4. The van der Waals surface area contributed by atoms with Crippen LogP contribution in [0.3, 0.4) is 0 Å². The van der Waals surface area contributed by atoms with E-state index >= 15 is 0 Å². The van der Waals surface area contributed by atoms with Gasteiger partial charge in [0.1, 0.15) is 23.1 Å². The van der Waals surface area contributed by atoms with Crippen molar-refractivity contribution in [3.05, 3.63) is 77.8 Å². The number of amides is 1. The van der Waals surface area contributed by atoms with Crippen LogP contribution in [-0.4, -0.2) is 15.9 Å². The van der Waals surface area contributed by atoms with Crippen molar-refractivity contribution < 1.29 is 22.4 Å². The fourth-order valence-corrected chi connectivity index (χ4v) is 2.01. The van der Waals surface area contributed by atoms with E-state index in [2.05, 4.69) is 20.6 Å². The molecule has 26 heavy (non-hydrogen) atoms. The van der Waals surface area contributed by atoms with Crippen molar-refractivity contribution in [1.82, 2.24) is 9.97 Å². The molecule has 0 unspecified atom stereocenters. The maximum absolute atomic E-state index is 13.6. The second-order valence-electron chi connectivity index (χ2n) is 5.12. The van der Waals surface area contributed by atoms with E-state index in [9.17, 15) is 22.4 Å². The molecular weight excluding hydrogens is 352 g/mol. The van der Waals surface area contributed by atoms with Gasteiger partial charge in [0.15, 0.2) is 11.6 Å². The Kier molecular flexibility index (Phi) is 4.78. The first-order valence-corrected chi connectivity index (χ1v) is 7.23. The predicted molar refractivity (Wildman–Crippen MR) is 86.0 cm³/mol. The molecule has 0 saturated heterocycles. The molecule has 2 N–H and O–H groups in total. The van der Waals surface area contributed by atoms with Crippen molar-refractivity contribution in [2.45, 2.75) is 0 Å². The Hall–Kier alpha value is -3.49. The van der Waals surface area contributed by atoms with E-state index in [4.69, 9.17) is 0 Å². The highest BCUT2D eigenvalue weighted by Gasteiger charge is 2.11. The first kappa shape index (κ1) is 17.3. The number of anilines is 3. The van der Waals surface area contributed by atoms with Crippen molar-refractivity contribution in [2.24, 2.45) is 0 Å². The second-order valence-corrected chi connectivity index (χ2v) is 5.12. The Morgan fingerprint density at radius 1 is 0.846 bits per heavy atom. The van der Waals surface area contributed by atoms with Crippen LogP contribution in [0.1, 0.15) is 10.5 Å². The standard InChI is InChI=1S/C17H10F4N4O/c18-9-1-4-14(13(21)5-9)25-16-8-22-15(7-23-16)17(26)24-10-2-3-11(19)12(20)6-10/h1-8H,(H,23,25)(H,24,26). The molecule has 5 nitrogen and oxygen atoms in total. The summed E-state index contributed by atoms with van der Waals surface area (Å²) in [7, 11) is 0. The molecule has 0 bridgehead atoms. The Morgan fingerprint density at radius 3 is 2.31 bits per heavy atom. The van der Waals surface area contributed by atoms with Crippen LogP contribution in [0.2, 0.25) is 0 Å². The van der Waals surface area contributed by atoms with Gasteiger partial charge in [-0.25, -0.2) is 27.5 Å². The summed E-state index contributed by atoms with van der Waals surface area (Å²) >= 11 is 0. The van der Waals surface area contributed by atoms with Crippen molar-refractivity contribution in [1.29, 1.82) is 0 Å². The summed E-state index contributed by atoms with van der Waals surface area (Å²) in [6, 6.07) is 5.86. The zero-order chi connectivity index (χ0) is 18.7. The quantitative estimate of drug-likeness (QED) is 0.688. The molecule has 3 aromatic rings. The fourth-order valence-electron chi connectivity index (χ4n) is 2.01. The van der Waals surface area contributed by atoms with Gasteiger partial charge in [-0.1, -0.05) is 0 Å². The van der Waals surface area contributed by atoms with Crippen LogP contribution in [-0.2, 0) is 0 Å². The first-order valence-electron chi connectivity index (χ1n) is 7.23. The van der Waals surface area contributed by atoms with E-state index in [0.717, 1.165) is 24.4 Å². The van der Waals surface area contributed by atoms with Crippen molar-refractivity contribution in [3.63, 3.8) is 0 Å². The Bertz CT molecular complexity index is 963. The third-order valence-corrected chi connectivity index (χ3v) is 3.26. The van der Waals surface area contributed by atoms with Crippen LogP contribution in [0.25, 0.3) is 0 Å². The van der Waals surface area contributed by atoms with E-state index in [-0.39, 0.29) is 22.9 Å². The minimum absolute atomic E-state index is 0.0142. The van der Waals surface area contributed by atoms with Crippen LogP contribution < -0.4 is 10.6 Å². The SMILES string of the molecule is O=C(Nc1ccc(F)c(F)c1)c1cnc(Nc2ccc(F)cc2F)cn1. The minimum atomic E-state index is -1.10. The fraction of sp³-hybridized carbons (Fsp3) is 0. The van der Waals surface area contributed by atoms with Gasteiger partial charge in [-0.15, -0.1) is 0 Å². The molecule has 1 heterocycles. The number of carbonyl (C=O) groups excluding carboxylic acids is 1. The molecule has 0 radical (unpaired) electrons. The molecule has 2 aromatic carbocycles. The topological polar surface area (TPSA) is 66.9 Å². The van der Waals surface area contributed by atoms with Gasteiger partial charge in [0.2, 0.25) is 0 Å². The van der Waals surface area contributed by atoms with Gasteiger partial charge >= 0.3 is 0 Å². The number of aromatic nitrogens is 2. The van der Waals surface area contributed by atoms with E-state index in [1.165, 1.54) is 18.3 Å². The predicted octanol–water partition coefficient (Wildman–Crippen LogP) is 4.03.